The molecule has 0 aliphatic carbocycles. The fourth-order valence-corrected chi connectivity index (χ4v) is 4.51. The number of likely N-dealkylation sites (tertiary alicyclic amines) is 1. The first-order valence-corrected chi connectivity index (χ1v) is 11.2. The second-order valence-electron chi connectivity index (χ2n) is 8.45. The normalized spacial score (nSPS) is 16.6. The Balaban J connectivity index is 1.50. The largest absolute Gasteiger partial charge is 0.508 e. The first-order chi connectivity index (χ1) is 16.2. The lowest BCUT2D eigenvalue weighted by atomic mass is 9.89. The number of phenols is 1. The number of halogens is 1. The SMILES string of the molecule is Oc1ccc(CN2CCC[C@@H](c3nc(-c4cccnc4)ncc3-c3ccccc3F)C2)cc1. The highest BCUT2D eigenvalue weighted by Crippen LogP contribution is 2.35. The van der Waals surface area contributed by atoms with Gasteiger partial charge < -0.3 is 5.11 Å². The van der Waals surface area contributed by atoms with E-state index in [-0.39, 0.29) is 17.5 Å². The van der Waals surface area contributed by atoms with Gasteiger partial charge in [-0.05, 0) is 55.3 Å². The smallest absolute Gasteiger partial charge is 0.160 e. The van der Waals surface area contributed by atoms with Gasteiger partial charge in [-0.2, -0.15) is 0 Å². The molecule has 4 aromatic rings. The number of piperidine rings is 1. The number of hydrogen-bond donors (Lipinski definition) is 1. The summed E-state index contributed by atoms with van der Waals surface area (Å²) in [4.78, 5) is 16.1. The molecule has 1 saturated heterocycles. The van der Waals surface area contributed by atoms with E-state index in [9.17, 15) is 9.50 Å². The van der Waals surface area contributed by atoms with E-state index in [1.54, 1.807) is 42.9 Å². The predicted octanol–water partition coefficient (Wildman–Crippen LogP) is 5.43. The molecule has 1 aliphatic rings. The maximum Gasteiger partial charge on any atom is 0.160 e. The summed E-state index contributed by atoms with van der Waals surface area (Å²) in [5.41, 5.74) is 4.15. The predicted molar refractivity (Wildman–Crippen MR) is 126 cm³/mol. The molecule has 1 atom stereocenters. The van der Waals surface area contributed by atoms with Gasteiger partial charge in [0.1, 0.15) is 11.6 Å². The van der Waals surface area contributed by atoms with Gasteiger partial charge in [0.05, 0.1) is 5.69 Å². The molecule has 6 heteroatoms. The third-order valence-corrected chi connectivity index (χ3v) is 6.14. The Bertz CT molecular complexity index is 1230. The zero-order valence-electron chi connectivity index (χ0n) is 18.2. The van der Waals surface area contributed by atoms with Crippen LogP contribution in [-0.2, 0) is 6.54 Å². The lowest BCUT2D eigenvalue weighted by molar-refractivity contribution is 0.198. The monoisotopic (exact) mass is 440 g/mol. The van der Waals surface area contributed by atoms with Crippen LogP contribution in [0.1, 0.15) is 30.0 Å². The van der Waals surface area contributed by atoms with E-state index < -0.39 is 0 Å². The van der Waals surface area contributed by atoms with Crippen LogP contribution < -0.4 is 0 Å². The van der Waals surface area contributed by atoms with Crippen molar-refractivity contribution in [2.24, 2.45) is 0 Å². The Morgan fingerprint density at radius 1 is 0.970 bits per heavy atom. The Hall–Kier alpha value is -3.64. The molecule has 1 fully saturated rings. The van der Waals surface area contributed by atoms with Crippen molar-refractivity contribution >= 4 is 0 Å². The van der Waals surface area contributed by atoms with E-state index in [0.717, 1.165) is 54.9 Å². The first-order valence-electron chi connectivity index (χ1n) is 11.2. The van der Waals surface area contributed by atoms with Crippen molar-refractivity contribution < 1.29 is 9.50 Å². The van der Waals surface area contributed by atoms with Crippen molar-refractivity contribution in [2.45, 2.75) is 25.3 Å². The van der Waals surface area contributed by atoms with Crippen molar-refractivity contribution in [2.75, 3.05) is 13.1 Å². The molecule has 0 radical (unpaired) electrons. The van der Waals surface area contributed by atoms with Gasteiger partial charge in [-0.25, -0.2) is 14.4 Å². The van der Waals surface area contributed by atoms with Gasteiger partial charge in [0.25, 0.3) is 0 Å². The minimum atomic E-state index is -0.270. The standard InChI is InChI=1S/C27H25FN4O/c28-25-8-2-1-7-23(25)24-16-30-27(20-5-3-13-29-15-20)31-26(24)21-6-4-14-32(18-21)17-19-9-11-22(33)12-10-19/h1-3,5,7-13,15-16,21,33H,4,6,14,17-18H2/t21-/m1/s1. The van der Waals surface area contributed by atoms with Crippen molar-refractivity contribution in [3.8, 4) is 28.3 Å². The Morgan fingerprint density at radius 2 is 1.82 bits per heavy atom. The minimum absolute atomic E-state index is 0.156. The molecule has 0 unspecified atom stereocenters. The molecule has 33 heavy (non-hydrogen) atoms. The number of hydrogen-bond acceptors (Lipinski definition) is 5. The third kappa shape index (κ3) is 4.76. The fraction of sp³-hybridized carbons (Fsp3) is 0.222. The molecule has 1 N–H and O–H groups in total. The summed E-state index contributed by atoms with van der Waals surface area (Å²) in [5, 5.41) is 9.57. The summed E-state index contributed by atoms with van der Waals surface area (Å²) in [6.07, 6.45) is 7.24. The number of phenolic OH excluding ortho intramolecular Hbond substituents is 1. The number of benzene rings is 2. The van der Waals surface area contributed by atoms with Gasteiger partial charge in [-0.3, -0.25) is 9.88 Å². The topological polar surface area (TPSA) is 62.1 Å². The van der Waals surface area contributed by atoms with Gasteiger partial charge in [0.2, 0.25) is 0 Å². The van der Waals surface area contributed by atoms with Gasteiger partial charge >= 0.3 is 0 Å². The molecule has 2 aromatic carbocycles. The molecule has 2 aromatic heterocycles. The summed E-state index contributed by atoms with van der Waals surface area (Å²) in [7, 11) is 0. The summed E-state index contributed by atoms with van der Waals surface area (Å²) in [6, 6.07) is 18.0. The van der Waals surface area contributed by atoms with Gasteiger partial charge in [-0.15, -0.1) is 0 Å². The van der Waals surface area contributed by atoms with Crippen LogP contribution in [0.15, 0.2) is 79.3 Å². The van der Waals surface area contributed by atoms with Gasteiger partial charge in [0, 0.05) is 54.3 Å². The van der Waals surface area contributed by atoms with Gasteiger partial charge in [-0.1, -0.05) is 30.3 Å². The Morgan fingerprint density at radius 3 is 2.61 bits per heavy atom. The minimum Gasteiger partial charge on any atom is -0.508 e. The average molecular weight is 441 g/mol. The van der Waals surface area contributed by atoms with E-state index in [1.807, 2.05) is 30.3 Å². The van der Waals surface area contributed by atoms with E-state index in [2.05, 4.69) is 14.9 Å². The average Bonchev–Trinajstić information content (AvgIpc) is 2.86. The van der Waals surface area contributed by atoms with Crippen molar-refractivity contribution in [3.05, 3.63) is 96.3 Å². The van der Waals surface area contributed by atoms with Crippen LogP contribution >= 0.6 is 0 Å². The van der Waals surface area contributed by atoms with Crippen LogP contribution in [0.25, 0.3) is 22.5 Å². The molecule has 166 valence electrons. The second-order valence-corrected chi connectivity index (χ2v) is 8.45. The maximum atomic E-state index is 14.7. The lowest BCUT2D eigenvalue weighted by Gasteiger charge is -2.33. The molecule has 5 nitrogen and oxygen atoms in total. The molecule has 5 rings (SSSR count). The van der Waals surface area contributed by atoms with Crippen LogP contribution in [-0.4, -0.2) is 38.0 Å². The van der Waals surface area contributed by atoms with Crippen molar-refractivity contribution in [1.29, 1.82) is 0 Å². The highest BCUT2D eigenvalue weighted by molar-refractivity contribution is 5.68. The number of pyridine rings is 1. The molecule has 1 aliphatic heterocycles. The Kier molecular flexibility index (Phi) is 6.09. The second kappa shape index (κ2) is 9.46. The summed E-state index contributed by atoms with van der Waals surface area (Å²) in [5.74, 6) is 0.764. The van der Waals surface area contributed by atoms with Gasteiger partial charge in [0.15, 0.2) is 5.82 Å². The molecular weight excluding hydrogens is 415 g/mol. The van der Waals surface area contributed by atoms with Crippen molar-refractivity contribution in [3.63, 3.8) is 0 Å². The van der Waals surface area contributed by atoms with Crippen LogP contribution in [0, 0.1) is 5.82 Å². The fourth-order valence-electron chi connectivity index (χ4n) is 4.51. The zero-order chi connectivity index (χ0) is 22.6. The first kappa shape index (κ1) is 21.2. The maximum absolute atomic E-state index is 14.7. The molecule has 3 heterocycles. The summed E-state index contributed by atoms with van der Waals surface area (Å²) in [6.45, 7) is 2.62. The lowest BCUT2D eigenvalue weighted by Crippen LogP contribution is -2.34. The third-order valence-electron chi connectivity index (χ3n) is 6.14. The molecule has 0 spiro atoms. The molecular formula is C27H25FN4O. The zero-order valence-corrected chi connectivity index (χ0v) is 18.2. The molecule has 0 amide bonds. The number of nitrogens with zero attached hydrogens (tertiary/aromatic N) is 4. The molecule has 0 bridgehead atoms. The van der Waals surface area contributed by atoms with Crippen LogP contribution in [0.2, 0.25) is 0 Å². The van der Waals surface area contributed by atoms with E-state index >= 15 is 0 Å². The number of aromatic hydroxyl groups is 1. The number of rotatable bonds is 5. The van der Waals surface area contributed by atoms with Crippen LogP contribution in [0.4, 0.5) is 4.39 Å². The van der Waals surface area contributed by atoms with Crippen LogP contribution in [0.3, 0.4) is 0 Å². The summed E-state index contributed by atoms with van der Waals surface area (Å²) >= 11 is 0. The highest BCUT2D eigenvalue weighted by atomic mass is 19.1. The summed E-state index contributed by atoms with van der Waals surface area (Å²) < 4.78 is 14.7. The Labute approximate surface area is 192 Å². The van der Waals surface area contributed by atoms with E-state index in [1.165, 1.54) is 6.07 Å². The molecule has 0 saturated carbocycles. The van der Waals surface area contributed by atoms with E-state index in [0.29, 0.717) is 11.4 Å². The highest BCUT2D eigenvalue weighted by Gasteiger charge is 2.26. The quantitative estimate of drug-likeness (QED) is 0.448. The number of aromatic nitrogens is 3. The van der Waals surface area contributed by atoms with E-state index in [4.69, 9.17) is 4.98 Å². The van der Waals surface area contributed by atoms with Crippen LogP contribution in [0.5, 0.6) is 5.75 Å². The van der Waals surface area contributed by atoms with Crippen molar-refractivity contribution in [1.82, 2.24) is 19.9 Å².